The van der Waals surface area contributed by atoms with Crippen molar-refractivity contribution in [2.75, 3.05) is 13.7 Å². The minimum atomic E-state index is -0.149. The summed E-state index contributed by atoms with van der Waals surface area (Å²) >= 11 is 0. The van der Waals surface area contributed by atoms with Crippen molar-refractivity contribution in [1.82, 2.24) is 15.0 Å². The molecule has 1 heterocycles. The molecule has 0 saturated heterocycles. The van der Waals surface area contributed by atoms with Crippen molar-refractivity contribution in [2.24, 2.45) is 5.73 Å². The predicted octanol–water partition coefficient (Wildman–Crippen LogP) is 0.895. The van der Waals surface area contributed by atoms with Gasteiger partial charge in [-0.15, -0.1) is 5.10 Å². The summed E-state index contributed by atoms with van der Waals surface area (Å²) < 4.78 is 6.87. The molecule has 0 amide bonds. The Morgan fingerprint density at radius 3 is 2.93 bits per heavy atom. The van der Waals surface area contributed by atoms with Crippen LogP contribution >= 0.6 is 0 Å². The van der Waals surface area contributed by atoms with Crippen LogP contribution in [0.3, 0.4) is 0 Å². The van der Waals surface area contributed by atoms with Crippen molar-refractivity contribution < 1.29 is 4.74 Å². The zero-order valence-electron chi connectivity index (χ0n) is 8.97. The van der Waals surface area contributed by atoms with Crippen LogP contribution in [-0.4, -0.2) is 28.7 Å². The molecule has 0 aliphatic carbocycles. The third-order valence-corrected chi connectivity index (χ3v) is 2.34. The molecule has 0 spiro atoms. The van der Waals surface area contributed by atoms with E-state index in [9.17, 15) is 0 Å². The Morgan fingerprint density at radius 2 is 2.36 bits per heavy atom. The first-order chi connectivity index (χ1) is 6.70. The van der Waals surface area contributed by atoms with Gasteiger partial charge in [0.25, 0.3) is 0 Å². The summed E-state index contributed by atoms with van der Waals surface area (Å²) in [6.45, 7) is 4.69. The third-order valence-electron chi connectivity index (χ3n) is 2.34. The highest BCUT2D eigenvalue weighted by Crippen LogP contribution is 2.15. The van der Waals surface area contributed by atoms with Gasteiger partial charge < -0.3 is 10.5 Å². The van der Waals surface area contributed by atoms with Crippen LogP contribution in [0.4, 0.5) is 0 Å². The molecule has 2 atom stereocenters. The van der Waals surface area contributed by atoms with Crippen LogP contribution in [0.5, 0.6) is 0 Å². The highest BCUT2D eigenvalue weighted by molar-refractivity contribution is 5.02. The van der Waals surface area contributed by atoms with Gasteiger partial charge in [-0.05, 0) is 13.3 Å². The van der Waals surface area contributed by atoms with Crippen LogP contribution in [-0.2, 0) is 4.74 Å². The molecule has 0 saturated carbocycles. The number of nitrogens with two attached hydrogens (primary N) is 1. The highest BCUT2D eigenvalue weighted by Gasteiger charge is 2.15. The number of hydrogen-bond acceptors (Lipinski definition) is 4. The second-order valence-electron chi connectivity index (χ2n) is 3.42. The Kier molecular flexibility index (Phi) is 4.03. The molecule has 0 radical (unpaired) electrons. The molecule has 0 aliphatic heterocycles. The van der Waals surface area contributed by atoms with E-state index in [1.165, 1.54) is 0 Å². The van der Waals surface area contributed by atoms with E-state index < -0.39 is 0 Å². The quantitative estimate of drug-likeness (QED) is 0.763. The van der Waals surface area contributed by atoms with Crippen LogP contribution in [0, 0.1) is 0 Å². The number of rotatable bonds is 5. The van der Waals surface area contributed by atoms with Gasteiger partial charge in [-0.2, -0.15) is 0 Å². The summed E-state index contributed by atoms with van der Waals surface area (Å²) in [7, 11) is 1.64. The maximum absolute atomic E-state index is 5.92. The zero-order chi connectivity index (χ0) is 10.6. The number of ether oxygens (including phenoxy) is 1. The largest absolute Gasteiger partial charge is 0.383 e. The molecule has 0 aliphatic rings. The monoisotopic (exact) mass is 198 g/mol. The molecule has 5 nitrogen and oxygen atoms in total. The molecule has 14 heavy (non-hydrogen) atoms. The van der Waals surface area contributed by atoms with Crippen molar-refractivity contribution in [3.8, 4) is 0 Å². The minimum absolute atomic E-state index is 0.149. The van der Waals surface area contributed by atoms with Gasteiger partial charge >= 0.3 is 0 Å². The molecule has 1 unspecified atom stereocenters. The molecule has 5 heteroatoms. The third kappa shape index (κ3) is 2.30. The van der Waals surface area contributed by atoms with Crippen molar-refractivity contribution in [3.05, 3.63) is 11.9 Å². The first kappa shape index (κ1) is 11.1. The summed E-state index contributed by atoms with van der Waals surface area (Å²) in [4.78, 5) is 0. The molecular formula is C9H18N4O. The summed E-state index contributed by atoms with van der Waals surface area (Å²) in [6.07, 6.45) is 2.71. The first-order valence-corrected chi connectivity index (χ1v) is 4.85. The molecule has 1 rings (SSSR count). The predicted molar refractivity (Wildman–Crippen MR) is 53.8 cm³/mol. The van der Waals surface area contributed by atoms with Crippen LogP contribution < -0.4 is 5.73 Å². The number of hydrogen-bond donors (Lipinski definition) is 1. The average molecular weight is 198 g/mol. The van der Waals surface area contributed by atoms with Gasteiger partial charge in [-0.25, -0.2) is 4.68 Å². The lowest BCUT2D eigenvalue weighted by molar-refractivity contribution is 0.176. The molecule has 0 bridgehead atoms. The molecule has 2 N–H and O–H groups in total. The number of aromatic nitrogens is 3. The zero-order valence-corrected chi connectivity index (χ0v) is 8.97. The Labute approximate surface area is 84.2 Å². The van der Waals surface area contributed by atoms with Crippen molar-refractivity contribution >= 4 is 0 Å². The minimum Gasteiger partial charge on any atom is -0.383 e. The first-order valence-electron chi connectivity index (χ1n) is 4.85. The maximum Gasteiger partial charge on any atom is 0.0781 e. The standard InChI is InChI=1S/C9H18N4O/c1-4-7(2)13-9(5-11-12-13)8(10)6-14-3/h5,7-8H,4,6,10H2,1-3H3/t7?,8-/m0/s1. The van der Waals surface area contributed by atoms with Gasteiger partial charge in [0, 0.05) is 7.11 Å². The van der Waals surface area contributed by atoms with Crippen molar-refractivity contribution in [2.45, 2.75) is 32.4 Å². The van der Waals surface area contributed by atoms with Crippen LogP contribution in [0.1, 0.15) is 38.0 Å². The topological polar surface area (TPSA) is 66.0 Å². The smallest absolute Gasteiger partial charge is 0.0781 e. The summed E-state index contributed by atoms with van der Waals surface area (Å²) in [5, 5.41) is 7.89. The Balaban J connectivity index is 2.81. The lowest BCUT2D eigenvalue weighted by Gasteiger charge is -2.16. The van der Waals surface area contributed by atoms with Crippen LogP contribution in [0.2, 0.25) is 0 Å². The Hall–Kier alpha value is -0.940. The maximum atomic E-state index is 5.92. The van der Waals surface area contributed by atoms with Gasteiger partial charge in [-0.1, -0.05) is 12.1 Å². The van der Waals surface area contributed by atoms with Gasteiger partial charge in [0.05, 0.1) is 30.6 Å². The summed E-state index contributed by atoms with van der Waals surface area (Å²) in [5.41, 5.74) is 6.85. The number of nitrogens with zero attached hydrogens (tertiary/aromatic N) is 3. The molecular weight excluding hydrogens is 180 g/mol. The second kappa shape index (κ2) is 5.07. The fourth-order valence-electron chi connectivity index (χ4n) is 1.30. The molecule has 1 aromatic rings. The van der Waals surface area contributed by atoms with Gasteiger partial charge in [0.1, 0.15) is 0 Å². The van der Waals surface area contributed by atoms with Gasteiger partial charge in [0.2, 0.25) is 0 Å². The van der Waals surface area contributed by atoms with Crippen molar-refractivity contribution in [1.29, 1.82) is 0 Å². The lowest BCUT2D eigenvalue weighted by atomic mass is 10.2. The van der Waals surface area contributed by atoms with E-state index in [0.29, 0.717) is 12.6 Å². The van der Waals surface area contributed by atoms with E-state index in [2.05, 4.69) is 24.2 Å². The van der Waals surface area contributed by atoms with E-state index in [0.717, 1.165) is 12.1 Å². The number of methoxy groups -OCH3 is 1. The van der Waals surface area contributed by atoms with E-state index >= 15 is 0 Å². The molecule has 0 fully saturated rings. The van der Waals surface area contributed by atoms with Crippen LogP contribution in [0.15, 0.2) is 6.20 Å². The van der Waals surface area contributed by atoms with E-state index in [1.54, 1.807) is 13.3 Å². The normalized spacial score (nSPS) is 15.4. The average Bonchev–Trinajstić information content (AvgIpc) is 2.65. The van der Waals surface area contributed by atoms with Crippen LogP contribution in [0.25, 0.3) is 0 Å². The fraction of sp³-hybridized carbons (Fsp3) is 0.778. The molecule has 1 aromatic heterocycles. The molecule has 0 aromatic carbocycles. The summed E-state index contributed by atoms with van der Waals surface area (Å²) in [6, 6.07) is 0.180. The van der Waals surface area contributed by atoms with E-state index in [4.69, 9.17) is 10.5 Å². The Bertz CT molecular complexity index is 274. The highest BCUT2D eigenvalue weighted by atomic mass is 16.5. The van der Waals surface area contributed by atoms with E-state index in [-0.39, 0.29) is 6.04 Å². The van der Waals surface area contributed by atoms with Gasteiger partial charge in [-0.3, -0.25) is 0 Å². The van der Waals surface area contributed by atoms with Crippen molar-refractivity contribution in [3.63, 3.8) is 0 Å². The molecule has 80 valence electrons. The Morgan fingerprint density at radius 1 is 1.64 bits per heavy atom. The second-order valence-corrected chi connectivity index (χ2v) is 3.42. The summed E-state index contributed by atoms with van der Waals surface area (Å²) in [5.74, 6) is 0. The fourth-order valence-corrected chi connectivity index (χ4v) is 1.30. The van der Waals surface area contributed by atoms with Gasteiger partial charge in [0.15, 0.2) is 0 Å². The lowest BCUT2D eigenvalue weighted by Crippen LogP contribution is -2.22. The SMILES string of the molecule is CCC(C)n1nncc1[C@@H](N)COC. The van der Waals surface area contributed by atoms with E-state index in [1.807, 2.05) is 4.68 Å².